The van der Waals surface area contributed by atoms with Gasteiger partial charge in [-0.1, -0.05) is 12.1 Å². The van der Waals surface area contributed by atoms with Gasteiger partial charge in [-0.05, 0) is 30.5 Å². The number of hydrogen-bond donors (Lipinski definition) is 0. The highest BCUT2D eigenvalue weighted by Crippen LogP contribution is 2.25. The van der Waals surface area contributed by atoms with E-state index in [1.807, 2.05) is 23.9 Å². The quantitative estimate of drug-likeness (QED) is 0.803. The van der Waals surface area contributed by atoms with Crippen molar-refractivity contribution >= 4 is 11.8 Å². The van der Waals surface area contributed by atoms with E-state index in [2.05, 4.69) is 12.1 Å². The SMILES string of the molecule is COc1cccc(CS[C@@H]2CCCOC2)c1. The molecule has 16 heavy (non-hydrogen) atoms. The molecule has 1 atom stereocenters. The molecule has 1 aliphatic heterocycles. The van der Waals surface area contributed by atoms with Gasteiger partial charge in [-0.15, -0.1) is 0 Å². The Bertz CT molecular complexity index is 321. The molecule has 1 fully saturated rings. The molecular weight excluding hydrogens is 220 g/mol. The zero-order valence-electron chi connectivity index (χ0n) is 9.65. The molecule has 0 saturated carbocycles. The van der Waals surface area contributed by atoms with Gasteiger partial charge in [0.15, 0.2) is 0 Å². The first-order valence-electron chi connectivity index (χ1n) is 5.71. The first kappa shape index (κ1) is 11.8. The minimum absolute atomic E-state index is 0.667. The van der Waals surface area contributed by atoms with E-state index in [4.69, 9.17) is 9.47 Å². The lowest BCUT2D eigenvalue weighted by Gasteiger charge is -2.21. The van der Waals surface area contributed by atoms with Crippen LogP contribution in [0.4, 0.5) is 0 Å². The summed E-state index contributed by atoms with van der Waals surface area (Å²) in [6.07, 6.45) is 2.49. The van der Waals surface area contributed by atoms with E-state index in [1.165, 1.54) is 18.4 Å². The van der Waals surface area contributed by atoms with Crippen molar-refractivity contribution in [2.45, 2.75) is 23.8 Å². The summed E-state index contributed by atoms with van der Waals surface area (Å²) in [5, 5.41) is 0.667. The highest BCUT2D eigenvalue weighted by molar-refractivity contribution is 7.99. The van der Waals surface area contributed by atoms with Crippen molar-refractivity contribution in [2.24, 2.45) is 0 Å². The Hall–Kier alpha value is -0.670. The first-order chi connectivity index (χ1) is 7.88. The second-order valence-electron chi connectivity index (χ2n) is 4.00. The second kappa shape index (κ2) is 6.16. The minimum Gasteiger partial charge on any atom is -0.497 e. The Labute approximate surface area is 101 Å². The molecule has 1 saturated heterocycles. The van der Waals surface area contributed by atoms with E-state index < -0.39 is 0 Å². The maximum absolute atomic E-state index is 5.47. The minimum atomic E-state index is 0.667. The number of methoxy groups -OCH3 is 1. The molecule has 88 valence electrons. The van der Waals surface area contributed by atoms with Crippen molar-refractivity contribution in [1.29, 1.82) is 0 Å². The standard InChI is InChI=1S/C13H18O2S/c1-14-12-5-2-4-11(8-12)10-16-13-6-3-7-15-9-13/h2,4-5,8,13H,3,6-7,9-10H2,1H3/t13-/m1/s1. The van der Waals surface area contributed by atoms with Gasteiger partial charge in [0, 0.05) is 17.6 Å². The third-order valence-electron chi connectivity index (χ3n) is 2.74. The molecule has 2 rings (SSSR count). The zero-order valence-corrected chi connectivity index (χ0v) is 10.5. The number of rotatable bonds is 4. The molecule has 1 aromatic carbocycles. The van der Waals surface area contributed by atoms with Gasteiger partial charge in [0.2, 0.25) is 0 Å². The highest BCUT2D eigenvalue weighted by atomic mass is 32.2. The van der Waals surface area contributed by atoms with Crippen molar-refractivity contribution < 1.29 is 9.47 Å². The van der Waals surface area contributed by atoms with Gasteiger partial charge in [-0.25, -0.2) is 0 Å². The summed E-state index contributed by atoms with van der Waals surface area (Å²) in [7, 11) is 1.71. The Morgan fingerprint density at radius 3 is 3.19 bits per heavy atom. The molecule has 1 aromatic rings. The number of hydrogen-bond acceptors (Lipinski definition) is 3. The van der Waals surface area contributed by atoms with Gasteiger partial charge < -0.3 is 9.47 Å². The molecule has 0 N–H and O–H groups in total. The Balaban J connectivity index is 1.83. The van der Waals surface area contributed by atoms with E-state index in [1.54, 1.807) is 7.11 Å². The summed E-state index contributed by atoms with van der Waals surface area (Å²) in [5.41, 5.74) is 1.33. The van der Waals surface area contributed by atoms with Crippen LogP contribution in [0.3, 0.4) is 0 Å². The molecule has 3 heteroatoms. The molecule has 1 heterocycles. The molecule has 0 spiro atoms. The lowest BCUT2D eigenvalue weighted by molar-refractivity contribution is 0.101. The van der Waals surface area contributed by atoms with Crippen LogP contribution in [0.15, 0.2) is 24.3 Å². The fraction of sp³-hybridized carbons (Fsp3) is 0.538. The van der Waals surface area contributed by atoms with Gasteiger partial charge >= 0.3 is 0 Å². The predicted octanol–water partition coefficient (Wildman–Crippen LogP) is 3.11. The molecule has 0 aromatic heterocycles. The van der Waals surface area contributed by atoms with Gasteiger partial charge in [0.05, 0.1) is 13.7 Å². The third-order valence-corrected chi connectivity index (χ3v) is 4.08. The van der Waals surface area contributed by atoms with Crippen molar-refractivity contribution in [2.75, 3.05) is 20.3 Å². The van der Waals surface area contributed by atoms with Crippen LogP contribution in [-0.2, 0) is 10.5 Å². The second-order valence-corrected chi connectivity index (χ2v) is 5.29. The molecule has 1 aliphatic rings. The Morgan fingerprint density at radius 2 is 2.44 bits per heavy atom. The number of thioether (sulfide) groups is 1. The van der Waals surface area contributed by atoms with Crippen molar-refractivity contribution in [3.05, 3.63) is 29.8 Å². The van der Waals surface area contributed by atoms with Gasteiger partial charge in [0.25, 0.3) is 0 Å². The van der Waals surface area contributed by atoms with Crippen LogP contribution in [-0.4, -0.2) is 25.6 Å². The normalized spacial score (nSPS) is 20.7. The molecule has 0 aliphatic carbocycles. The molecule has 0 amide bonds. The van der Waals surface area contributed by atoms with E-state index >= 15 is 0 Å². The van der Waals surface area contributed by atoms with Crippen LogP contribution >= 0.6 is 11.8 Å². The van der Waals surface area contributed by atoms with Crippen LogP contribution in [0.25, 0.3) is 0 Å². The molecule has 0 bridgehead atoms. The number of benzene rings is 1. The molecule has 0 radical (unpaired) electrons. The summed E-state index contributed by atoms with van der Waals surface area (Å²) in [6, 6.07) is 8.29. The summed E-state index contributed by atoms with van der Waals surface area (Å²) < 4.78 is 10.7. The maximum Gasteiger partial charge on any atom is 0.119 e. The summed E-state index contributed by atoms with van der Waals surface area (Å²) >= 11 is 1.99. The number of ether oxygens (including phenoxy) is 2. The average molecular weight is 238 g/mol. The Kier molecular flexibility index (Phi) is 4.55. The third kappa shape index (κ3) is 3.42. The summed E-state index contributed by atoms with van der Waals surface area (Å²) in [6.45, 7) is 1.85. The van der Waals surface area contributed by atoms with Crippen molar-refractivity contribution in [1.82, 2.24) is 0 Å². The van der Waals surface area contributed by atoms with Crippen molar-refractivity contribution in [3.8, 4) is 5.75 Å². The summed E-state index contributed by atoms with van der Waals surface area (Å²) in [4.78, 5) is 0. The van der Waals surface area contributed by atoms with Crippen LogP contribution in [0, 0.1) is 0 Å². The van der Waals surface area contributed by atoms with Crippen molar-refractivity contribution in [3.63, 3.8) is 0 Å². The first-order valence-corrected chi connectivity index (χ1v) is 6.75. The predicted molar refractivity (Wildman–Crippen MR) is 68.1 cm³/mol. The fourth-order valence-corrected chi connectivity index (χ4v) is 2.95. The molecule has 2 nitrogen and oxygen atoms in total. The molecular formula is C13H18O2S. The van der Waals surface area contributed by atoms with Gasteiger partial charge in [0.1, 0.15) is 5.75 Å². The zero-order chi connectivity index (χ0) is 11.2. The average Bonchev–Trinajstić information content (AvgIpc) is 2.38. The van der Waals surface area contributed by atoms with E-state index in [0.717, 1.165) is 24.7 Å². The smallest absolute Gasteiger partial charge is 0.119 e. The van der Waals surface area contributed by atoms with Gasteiger partial charge in [-0.2, -0.15) is 11.8 Å². The highest BCUT2D eigenvalue weighted by Gasteiger charge is 2.14. The topological polar surface area (TPSA) is 18.5 Å². The largest absolute Gasteiger partial charge is 0.497 e. The van der Waals surface area contributed by atoms with Gasteiger partial charge in [-0.3, -0.25) is 0 Å². The fourth-order valence-electron chi connectivity index (χ4n) is 1.82. The maximum atomic E-state index is 5.47. The Morgan fingerprint density at radius 1 is 1.50 bits per heavy atom. The van der Waals surface area contributed by atoms with Crippen LogP contribution in [0.1, 0.15) is 18.4 Å². The van der Waals surface area contributed by atoms with E-state index in [9.17, 15) is 0 Å². The van der Waals surface area contributed by atoms with E-state index in [-0.39, 0.29) is 0 Å². The summed E-state index contributed by atoms with van der Waals surface area (Å²) in [5.74, 6) is 1.99. The van der Waals surface area contributed by atoms with Crippen LogP contribution in [0.5, 0.6) is 5.75 Å². The molecule has 0 unspecified atom stereocenters. The van der Waals surface area contributed by atoms with Crippen LogP contribution in [0.2, 0.25) is 0 Å². The lowest BCUT2D eigenvalue weighted by Crippen LogP contribution is -2.19. The monoisotopic (exact) mass is 238 g/mol. The van der Waals surface area contributed by atoms with E-state index in [0.29, 0.717) is 5.25 Å². The lowest BCUT2D eigenvalue weighted by atomic mass is 10.2. The van der Waals surface area contributed by atoms with Crippen LogP contribution < -0.4 is 4.74 Å².